The van der Waals surface area contributed by atoms with Gasteiger partial charge in [-0.3, -0.25) is 14.4 Å². The first-order valence-corrected chi connectivity index (χ1v) is 12.7. The Morgan fingerprint density at radius 2 is 1.88 bits per heavy atom. The summed E-state index contributed by atoms with van der Waals surface area (Å²) >= 11 is 0. The summed E-state index contributed by atoms with van der Waals surface area (Å²) in [6.45, 7) is 12.7. The monoisotopic (exact) mass is 471 g/mol. The summed E-state index contributed by atoms with van der Waals surface area (Å²) in [6.07, 6.45) is 2.72. The highest BCUT2D eigenvalue weighted by Gasteiger charge is 2.43. The van der Waals surface area contributed by atoms with E-state index in [0.717, 1.165) is 18.4 Å². The Morgan fingerprint density at radius 3 is 2.53 bits per heavy atom. The van der Waals surface area contributed by atoms with Crippen LogP contribution >= 0.6 is 0 Å². The largest absolute Gasteiger partial charge is 0.376 e. The number of hydrogen-bond acceptors (Lipinski definition) is 4. The third-order valence-corrected chi connectivity index (χ3v) is 7.16. The van der Waals surface area contributed by atoms with Crippen LogP contribution in [-0.2, 0) is 25.5 Å². The van der Waals surface area contributed by atoms with Crippen molar-refractivity contribution >= 4 is 17.7 Å². The van der Waals surface area contributed by atoms with Crippen molar-refractivity contribution in [3.05, 3.63) is 35.4 Å². The van der Waals surface area contributed by atoms with Gasteiger partial charge in [-0.05, 0) is 42.7 Å². The maximum atomic E-state index is 13.7. The summed E-state index contributed by atoms with van der Waals surface area (Å²) in [7, 11) is 0. The Balaban J connectivity index is 1.77. The lowest BCUT2D eigenvalue weighted by Gasteiger charge is -2.36. The first-order chi connectivity index (χ1) is 16.1. The minimum atomic E-state index is -0.689. The third-order valence-electron chi connectivity index (χ3n) is 7.16. The van der Waals surface area contributed by atoms with E-state index in [1.165, 1.54) is 5.56 Å². The molecule has 188 valence electrons. The highest BCUT2D eigenvalue weighted by Crippen LogP contribution is 2.34. The molecule has 2 N–H and O–H groups in total. The van der Waals surface area contributed by atoms with Gasteiger partial charge in [0.25, 0.3) is 0 Å². The first kappa shape index (κ1) is 26.2. The van der Waals surface area contributed by atoms with E-state index in [1.54, 1.807) is 4.90 Å². The fourth-order valence-corrected chi connectivity index (χ4v) is 4.94. The molecule has 1 aromatic rings. The van der Waals surface area contributed by atoms with Crippen molar-refractivity contribution in [3.63, 3.8) is 0 Å². The average molecular weight is 472 g/mol. The van der Waals surface area contributed by atoms with Gasteiger partial charge in [0, 0.05) is 25.5 Å². The molecule has 0 radical (unpaired) electrons. The van der Waals surface area contributed by atoms with E-state index in [0.29, 0.717) is 26.0 Å². The Kier molecular flexibility index (Phi) is 8.39. The highest BCUT2D eigenvalue weighted by atomic mass is 16.5. The first-order valence-electron chi connectivity index (χ1n) is 12.7. The van der Waals surface area contributed by atoms with Crippen molar-refractivity contribution in [3.8, 4) is 0 Å². The molecule has 7 heteroatoms. The topological polar surface area (TPSA) is 87.7 Å². The lowest BCUT2D eigenvalue weighted by Crippen LogP contribution is -2.58. The zero-order chi connectivity index (χ0) is 25.0. The van der Waals surface area contributed by atoms with Gasteiger partial charge in [-0.2, -0.15) is 0 Å². The fourth-order valence-electron chi connectivity index (χ4n) is 4.94. The molecule has 7 nitrogen and oxygen atoms in total. The molecule has 3 amide bonds. The molecule has 3 rings (SSSR count). The predicted octanol–water partition coefficient (Wildman–Crippen LogP) is 3.37. The van der Waals surface area contributed by atoms with Gasteiger partial charge in [0.2, 0.25) is 17.7 Å². The zero-order valence-electron chi connectivity index (χ0n) is 21.5. The molecule has 0 saturated carbocycles. The average Bonchev–Trinajstić information content (AvgIpc) is 3.41. The number of benzene rings is 1. The van der Waals surface area contributed by atoms with Crippen LogP contribution in [-0.4, -0.2) is 54.0 Å². The predicted molar refractivity (Wildman–Crippen MR) is 132 cm³/mol. The van der Waals surface area contributed by atoms with Crippen molar-refractivity contribution in [1.29, 1.82) is 0 Å². The van der Waals surface area contributed by atoms with Gasteiger partial charge in [0.15, 0.2) is 0 Å². The van der Waals surface area contributed by atoms with Crippen LogP contribution in [0.4, 0.5) is 0 Å². The van der Waals surface area contributed by atoms with Crippen LogP contribution in [0.2, 0.25) is 0 Å². The Labute approximate surface area is 204 Å². The Hall–Kier alpha value is -2.41. The molecular weight excluding hydrogens is 430 g/mol. The number of amides is 3. The van der Waals surface area contributed by atoms with Gasteiger partial charge in [0.1, 0.15) is 12.1 Å². The molecule has 34 heavy (non-hydrogen) atoms. The molecule has 1 fully saturated rings. The van der Waals surface area contributed by atoms with Crippen molar-refractivity contribution in [1.82, 2.24) is 15.5 Å². The SMILES string of the molecule is CCO[C@H]1Cc2ccccc2[C@@H]1NC(=O)[C@@H]1CCCN1C(=O)[C@@H](NC(=O)[C@H](C)CC)C(C)(C)C. The smallest absolute Gasteiger partial charge is 0.246 e. The summed E-state index contributed by atoms with van der Waals surface area (Å²) in [5, 5.41) is 6.17. The Bertz CT molecular complexity index is 894. The molecule has 0 spiro atoms. The summed E-state index contributed by atoms with van der Waals surface area (Å²) < 4.78 is 5.95. The maximum Gasteiger partial charge on any atom is 0.246 e. The van der Waals surface area contributed by atoms with Gasteiger partial charge < -0.3 is 20.3 Å². The normalized spacial score (nSPS) is 23.8. The van der Waals surface area contributed by atoms with Gasteiger partial charge in [-0.15, -0.1) is 0 Å². The molecule has 1 saturated heterocycles. The van der Waals surface area contributed by atoms with E-state index in [9.17, 15) is 14.4 Å². The van der Waals surface area contributed by atoms with Crippen LogP contribution < -0.4 is 10.6 Å². The number of likely N-dealkylation sites (tertiary alicyclic amines) is 1. The lowest BCUT2D eigenvalue weighted by atomic mass is 9.85. The summed E-state index contributed by atoms with van der Waals surface area (Å²) in [5.41, 5.74) is 1.79. The van der Waals surface area contributed by atoms with Crippen LogP contribution in [0.25, 0.3) is 0 Å². The van der Waals surface area contributed by atoms with E-state index >= 15 is 0 Å². The molecule has 1 aliphatic carbocycles. The van der Waals surface area contributed by atoms with Gasteiger partial charge in [-0.1, -0.05) is 58.9 Å². The number of ether oxygens (including phenoxy) is 1. The van der Waals surface area contributed by atoms with E-state index in [2.05, 4.69) is 16.7 Å². The number of rotatable bonds is 8. The quantitative estimate of drug-likeness (QED) is 0.609. The molecule has 1 heterocycles. The second-order valence-electron chi connectivity index (χ2n) is 10.7. The number of carbonyl (C=O) groups excluding carboxylic acids is 3. The highest BCUT2D eigenvalue weighted by molar-refractivity contribution is 5.93. The zero-order valence-corrected chi connectivity index (χ0v) is 21.5. The number of hydrogen-bond donors (Lipinski definition) is 2. The molecule has 5 atom stereocenters. The van der Waals surface area contributed by atoms with Crippen LogP contribution in [0.1, 0.15) is 78.0 Å². The molecule has 1 aromatic carbocycles. The van der Waals surface area contributed by atoms with E-state index in [1.807, 2.05) is 59.7 Å². The van der Waals surface area contributed by atoms with E-state index in [4.69, 9.17) is 4.74 Å². The van der Waals surface area contributed by atoms with Crippen molar-refractivity contribution in [2.75, 3.05) is 13.2 Å². The summed E-state index contributed by atoms with van der Waals surface area (Å²) in [4.78, 5) is 41.4. The molecule has 0 bridgehead atoms. The number of carbonyl (C=O) groups is 3. The molecule has 0 aromatic heterocycles. The maximum absolute atomic E-state index is 13.7. The minimum Gasteiger partial charge on any atom is -0.376 e. The fraction of sp³-hybridized carbons (Fsp3) is 0.667. The van der Waals surface area contributed by atoms with E-state index < -0.39 is 17.5 Å². The van der Waals surface area contributed by atoms with Crippen LogP contribution in [0.15, 0.2) is 24.3 Å². The van der Waals surface area contributed by atoms with Gasteiger partial charge >= 0.3 is 0 Å². The number of fused-ring (bicyclic) bond motifs is 1. The lowest BCUT2D eigenvalue weighted by molar-refractivity contribution is -0.144. The molecule has 0 unspecified atom stereocenters. The number of nitrogens with zero attached hydrogens (tertiary/aromatic N) is 1. The Morgan fingerprint density at radius 1 is 1.18 bits per heavy atom. The van der Waals surface area contributed by atoms with Gasteiger partial charge in [0.05, 0.1) is 12.1 Å². The second-order valence-corrected chi connectivity index (χ2v) is 10.7. The van der Waals surface area contributed by atoms with Gasteiger partial charge in [-0.25, -0.2) is 0 Å². The second kappa shape index (κ2) is 10.9. The molecular formula is C27H41N3O4. The standard InChI is InChI=1S/C27H41N3O4/c1-7-17(3)24(31)29-23(27(4,5)6)26(33)30-15-11-14-20(30)25(32)28-22-19-13-10-9-12-18(19)16-21(22)34-8-2/h9-10,12-13,17,20-23H,7-8,11,14-16H2,1-6H3,(H,28,32)(H,29,31)/t17-,20+,21+,22+,23-/m1/s1. The van der Waals surface area contributed by atoms with Crippen LogP contribution in [0.5, 0.6) is 0 Å². The summed E-state index contributed by atoms with van der Waals surface area (Å²) in [6, 6.07) is 6.63. The van der Waals surface area contributed by atoms with Crippen LogP contribution in [0, 0.1) is 11.3 Å². The third kappa shape index (κ3) is 5.62. The minimum absolute atomic E-state index is 0.117. The number of nitrogens with one attached hydrogen (secondary N) is 2. The molecule has 2 aliphatic rings. The van der Waals surface area contributed by atoms with Crippen molar-refractivity contribution in [2.45, 2.75) is 91.5 Å². The van der Waals surface area contributed by atoms with E-state index in [-0.39, 0.29) is 35.8 Å². The molecule has 1 aliphatic heterocycles. The van der Waals surface area contributed by atoms with Crippen molar-refractivity contribution in [2.24, 2.45) is 11.3 Å². The van der Waals surface area contributed by atoms with Crippen molar-refractivity contribution < 1.29 is 19.1 Å². The van der Waals surface area contributed by atoms with Crippen LogP contribution in [0.3, 0.4) is 0 Å². The summed E-state index contributed by atoms with van der Waals surface area (Å²) in [5.74, 6) is -0.639.